The molecule has 0 amide bonds. The van der Waals surface area contributed by atoms with Gasteiger partial charge in [0.1, 0.15) is 18.1 Å². The molecule has 29 heavy (non-hydrogen) atoms. The van der Waals surface area contributed by atoms with E-state index in [2.05, 4.69) is 6.92 Å². The highest BCUT2D eigenvalue weighted by molar-refractivity contribution is 5.31. The zero-order chi connectivity index (χ0) is 20.9. The average Bonchev–Trinajstić information content (AvgIpc) is 2.74. The molecule has 1 aromatic carbocycles. The molecule has 0 fully saturated rings. The summed E-state index contributed by atoms with van der Waals surface area (Å²) in [6, 6.07) is 9.08. The monoisotopic (exact) mass is 401 g/mol. The predicted molar refractivity (Wildman–Crippen MR) is 117 cm³/mol. The van der Waals surface area contributed by atoms with Gasteiger partial charge in [-0.05, 0) is 37.6 Å². The molecule has 0 saturated heterocycles. The Morgan fingerprint density at radius 3 is 2.17 bits per heavy atom. The fourth-order valence-corrected chi connectivity index (χ4v) is 3.24. The summed E-state index contributed by atoms with van der Waals surface area (Å²) in [4.78, 5) is 12.2. The molecule has 0 aliphatic carbocycles. The predicted octanol–water partition coefficient (Wildman–Crippen LogP) is 5.37. The number of aromatic nitrogens is 1. The van der Waals surface area contributed by atoms with Crippen LogP contribution >= 0.6 is 0 Å². The molecule has 0 radical (unpaired) electrons. The number of ether oxygens (including phenoxy) is 3. The Bertz CT molecular complexity index is 767. The van der Waals surface area contributed by atoms with E-state index in [1.54, 1.807) is 19.4 Å². The van der Waals surface area contributed by atoms with Crippen molar-refractivity contribution in [2.24, 2.45) is 0 Å². The average molecular weight is 402 g/mol. The summed E-state index contributed by atoms with van der Waals surface area (Å²) in [7, 11) is 1.64. The van der Waals surface area contributed by atoms with E-state index in [1.165, 1.54) is 32.1 Å². The fourth-order valence-electron chi connectivity index (χ4n) is 3.24. The number of unbranched alkanes of at least 4 members (excludes halogenated alkanes) is 6. The Balaban J connectivity index is 1.78. The number of pyridine rings is 1. The largest absolute Gasteiger partial charge is 0.497 e. The van der Waals surface area contributed by atoms with Crippen LogP contribution in [-0.2, 0) is 6.54 Å². The van der Waals surface area contributed by atoms with E-state index in [0.29, 0.717) is 25.5 Å². The van der Waals surface area contributed by atoms with E-state index in [1.807, 2.05) is 35.8 Å². The highest BCUT2D eigenvalue weighted by Gasteiger charge is 2.09. The highest BCUT2D eigenvalue weighted by Crippen LogP contribution is 2.18. The van der Waals surface area contributed by atoms with Gasteiger partial charge < -0.3 is 18.8 Å². The molecule has 0 spiro atoms. The van der Waals surface area contributed by atoms with Crippen LogP contribution in [0, 0.1) is 6.92 Å². The Morgan fingerprint density at radius 2 is 1.48 bits per heavy atom. The molecule has 1 aromatic heterocycles. The Kier molecular flexibility index (Phi) is 10.2. The molecular weight excluding hydrogens is 366 g/mol. The van der Waals surface area contributed by atoms with Gasteiger partial charge in [-0.3, -0.25) is 4.79 Å². The molecular formula is C24H35NO4. The summed E-state index contributed by atoms with van der Waals surface area (Å²) in [6.07, 6.45) is 10.4. The van der Waals surface area contributed by atoms with Crippen molar-refractivity contribution >= 4 is 0 Å². The maximum atomic E-state index is 12.2. The van der Waals surface area contributed by atoms with Gasteiger partial charge >= 0.3 is 0 Å². The lowest BCUT2D eigenvalue weighted by Crippen LogP contribution is -2.18. The van der Waals surface area contributed by atoms with Gasteiger partial charge in [-0.25, -0.2) is 0 Å². The van der Waals surface area contributed by atoms with Gasteiger partial charge in [0.05, 0.1) is 26.0 Å². The Morgan fingerprint density at radius 1 is 0.828 bits per heavy atom. The van der Waals surface area contributed by atoms with E-state index in [4.69, 9.17) is 14.2 Å². The third-order valence-electron chi connectivity index (χ3n) is 5.04. The van der Waals surface area contributed by atoms with Gasteiger partial charge in [-0.1, -0.05) is 45.4 Å². The van der Waals surface area contributed by atoms with Crippen molar-refractivity contribution < 1.29 is 14.2 Å². The van der Waals surface area contributed by atoms with E-state index in [9.17, 15) is 4.79 Å². The molecule has 0 unspecified atom stereocenters. The highest BCUT2D eigenvalue weighted by atomic mass is 16.5. The van der Waals surface area contributed by atoms with Crippen molar-refractivity contribution in [1.82, 2.24) is 4.57 Å². The molecule has 0 aliphatic rings. The van der Waals surface area contributed by atoms with E-state index in [-0.39, 0.29) is 5.43 Å². The minimum atomic E-state index is -0.0576. The molecule has 0 bridgehead atoms. The van der Waals surface area contributed by atoms with Crippen LogP contribution in [0.2, 0.25) is 0 Å². The van der Waals surface area contributed by atoms with Crippen molar-refractivity contribution in [3.05, 3.63) is 52.4 Å². The second-order valence-corrected chi connectivity index (χ2v) is 7.28. The molecule has 0 aliphatic heterocycles. The summed E-state index contributed by atoms with van der Waals surface area (Å²) < 4.78 is 18.8. The quantitative estimate of drug-likeness (QED) is 0.399. The van der Waals surface area contributed by atoms with Crippen LogP contribution in [0.4, 0.5) is 0 Å². The molecule has 160 valence electrons. The molecule has 2 rings (SSSR count). The van der Waals surface area contributed by atoms with Crippen LogP contribution in [0.5, 0.6) is 17.2 Å². The van der Waals surface area contributed by atoms with Crippen LogP contribution in [0.25, 0.3) is 0 Å². The first-order chi connectivity index (χ1) is 14.2. The van der Waals surface area contributed by atoms with E-state index in [0.717, 1.165) is 30.0 Å². The summed E-state index contributed by atoms with van der Waals surface area (Å²) >= 11 is 0. The fraction of sp³-hybridized carbons (Fsp3) is 0.542. The summed E-state index contributed by atoms with van der Waals surface area (Å²) in [5.41, 5.74) is 0.788. The number of hydrogen-bond acceptors (Lipinski definition) is 4. The minimum Gasteiger partial charge on any atom is -0.497 e. The second kappa shape index (κ2) is 12.9. The molecule has 5 nitrogen and oxygen atoms in total. The molecule has 0 saturated carbocycles. The normalized spacial score (nSPS) is 10.7. The lowest BCUT2D eigenvalue weighted by Gasteiger charge is -2.15. The Labute approximate surface area is 174 Å². The summed E-state index contributed by atoms with van der Waals surface area (Å²) in [5.74, 6) is 2.05. The lowest BCUT2D eigenvalue weighted by molar-refractivity contribution is 0.283. The standard InChI is InChI=1S/C24H35NO4/c1-4-5-6-7-8-9-10-18-29-24-20(2)25(16-15-23(24)26)17-19-28-22-13-11-21(27-3)12-14-22/h11-16H,4-10,17-19H2,1-3H3. The number of rotatable bonds is 14. The summed E-state index contributed by atoms with van der Waals surface area (Å²) in [6.45, 7) is 5.90. The minimum absolute atomic E-state index is 0.0576. The van der Waals surface area contributed by atoms with Gasteiger partial charge in [-0.2, -0.15) is 0 Å². The van der Waals surface area contributed by atoms with Crippen molar-refractivity contribution in [2.75, 3.05) is 20.3 Å². The maximum absolute atomic E-state index is 12.2. The lowest BCUT2D eigenvalue weighted by atomic mass is 10.1. The topological polar surface area (TPSA) is 49.7 Å². The smallest absolute Gasteiger partial charge is 0.223 e. The number of methoxy groups -OCH3 is 1. The number of benzene rings is 1. The van der Waals surface area contributed by atoms with Crippen LogP contribution in [0.1, 0.15) is 57.6 Å². The van der Waals surface area contributed by atoms with Crippen molar-refractivity contribution in [1.29, 1.82) is 0 Å². The maximum Gasteiger partial charge on any atom is 0.223 e. The third kappa shape index (κ3) is 7.84. The van der Waals surface area contributed by atoms with Gasteiger partial charge in [0.15, 0.2) is 5.75 Å². The summed E-state index contributed by atoms with van der Waals surface area (Å²) in [5, 5.41) is 0. The molecule has 5 heteroatoms. The molecule has 2 aromatic rings. The molecule has 0 atom stereocenters. The van der Waals surface area contributed by atoms with Gasteiger partial charge in [0, 0.05) is 12.3 Å². The van der Waals surface area contributed by atoms with Gasteiger partial charge in [0.2, 0.25) is 5.43 Å². The zero-order valence-electron chi connectivity index (χ0n) is 18.1. The SMILES string of the molecule is CCCCCCCCCOc1c(C)n(CCOc2ccc(OC)cc2)ccc1=O. The zero-order valence-corrected chi connectivity index (χ0v) is 18.1. The van der Waals surface area contributed by atoms with Gasteiger partial charge in [-0.15, -0.1) is 0 Å². The third-order valence-corrected chi connectivity index (χ3v) is 5.04. The Hall–Kier alpha value is -2.43. The van der Waals surface area contributed by atoms with Crippen LogP contribution in [0.3, 0.4) is 0 Å². The van der Waals surface area contributed by atoms with Crippen LogP contribution < -0.4 is 19.6 Å². The van der Waals surface area contributed by atoms with Gasteiger partial charge in [0.25, 0.3) is 0 Å². The first kappa shape index (κ1) is 22.9. The first-order valence-corrected chi connectivity index (χ1v) is 10.8. The van der Waals surface area contributed by atoms with E-state index < -0.39 is 0 Å². The van der Waals surface area contributed by atoms with Crippen LogP contribution in [0.15, 0.2) is 41.3 Å². The molecule has 1 heterocycles. The van der Waals surface area contributed by atoms with Crippen molar-refractivity contribution in [3.8, 4) is 17.2 Å². The number of hydrogen-bond donors (Lipinski definition) is 0. The number of nitrogens with zero attached hydrogens (tertiary/aromatic N) is 1. The second-order valence-electron chi connectivity index (χ2n) is 7.28. The first-order valence-electron chi connectivity index (χ1n) is 10.8. The van der Waals surface area contributed by atoms with Crippen molar-refractivity contribution in [2.45, 2.75) is 65.3 Å². The van der Waals surface area contributed by atoms with Crippen molar-refractivity contribution in [3.63, 3.8) is 0 Å². The van der Waals surface area contributed by atoms with Crippen LogP contribution in [-0.4, -0.2) is 24.9 Å². The van der Waals surface area contributed by atoms with E-state index >= 15 is 0 Å². The molecule has 0 N–H and O–H groups in total.